The highest BCUT2D eigenvalue weighted by atomic mass is 35.5. The van der Waals surface area contributed by atoms with Crippen LogP contribution in [0.2, 0.25) is 5.02 Å². The van der Waals surface area contributed by atoms with Crippen molar-refractivity contribution in [3.63, 3.8) is 0 Å². The van der Waals surface area contributed by atoms with Crippen LogP contribution >= 0.6 is 11.6 Å². The Labute approximate surface area is 210 Å². The fourth-order valence-electron chi connectivity index (χ4n) is 4.61. The molecule has 1 aliphatic rings. The minimum atomic E-state index is -4.95. The van der Waals surface area contributed by atoms with E-state index in [0.717, 1.165) is 12.1 Å². The maximum atomic E-state index is 15.5. The zero-order valence-electron chi connectivity index (χ0n) is 18.9. The number of nitrogens with two attached hydrogens (primary N) is 1. The van der Waals surface area contributed by atoms with E-state index in [9.17, 15) is 27.2 Å². The van der Waals surface area contributed by atoms with Crippen molar-refractivity contribution in [3.05, 3.63) is 87.1 Å². The largest absolute Gasteiger partial charge is 0.416 e. The third-order valence-electron chi connectivity index (χ3n) is 6.22. The van der Waals surface area contributed by atoms with Gasteiger partial charge in [0.25, 0.3) is 5.91 Å². The molecule has 6 nitrogen and oxygen atoms in total. The number of benzene rings is 3. The van der Waals surface area contributed by atoms with Gasteiger partial charge >= 0.3 is 6.18 Å². The molecule has 2 heterocycles. The highest BCUT2D eigenvalue weighted by Crippen LogP contribution is 2.46. The number of hydrogen-bond acceptors (Lipinski definition) is 3. The van der Waals surface area contributed by atoms with Crippen LogP contribution in [0.1, 0.15) is 50.4 Å². The number of hydrogen-bond donors (Lipinski definition) is 2. The molecule has 1 atom stereocenters. The summed E-state index contributed by atoms with van der Waals surface area (Å²) in [5.74, 6) is -3.99. The van der Waals surface area contributed by atoms with Gasteiger partial charge in [-0.3, -0.25) is 14.3 Å². The van der Waals surface area contributed by atoms with E-state index in [-0.39, 0.29) is 38.9 Å². The quantitative estimate of drug-likeness (QED) is 0.334. The Bertz CT molecular complexity index is 1630. The normalized spacial score (nSPS) is 15.2. The lowest BCUT2D eigenvalue weighted by Gasteiger charge is -2.20. The molecule has 0 saturated carbocycles. The second kappa shape index (κ2) is 8.55. The van der Waals surface area contributed by atoms with Gasteiger partial charge in [0.15, 0.2) is 0 Å². The summed E-state index contributed by atoms with van der Waals surface area (Å²) in [7, 11) is 0. The van der Waals surface area contributed by atoms with E-state index >= 15 is 4.39 Å². The van der Waals surface area contributed by atoms with Crippen molar-refractivity contribution in [2.75, 3.05) is 0 Å². The number of fused-ring (bicyclic) bond motifs is 3. The smallest absolute Gasteiger partial charge is 0.366 e. The summed E-state index contributed by atoms with van der Waals surface area (Å²) in [5, 5.41) is 7.52. The molecule has 0 bridgehead atoms. The fourth-order valence-corrected chi connectivity index (χ4v) is 4.84. The van der Waals surface area contributed by atoms with Gasteiger partial charge in [0.2, 0.25) is 5.91 Å². The first-order valence-electron chi connectivity index (χ1n) is 10.9. The minimum absolute atomic E-state index is 0.000235. The first-order chi connectivity index (χ1) is 17.4. The van der Waals surface area contributed by atoms with Gasteiger partial charge in [-0.1, -0.05) is 11.6 Å². The van der Waals surface area contributed by atoms with E-state index in [1.54, 1.807) is 13.1 Å². The topological polar surface area (TPSA) is 90.0 Å². The molecule has 37 heavy (non-hydrogen) atoms. The second-order valence-electron chi connectivity index (χ2n) is 8.45. The highest BCUT2D eigenvalue weighted by molar-refractivity contribution is 6.31. The lowest BCUT2D eigenvalue weighted by molar-refractivity contribution is -0.137. The Balaban J connectivity index is 1.91. The van der Waals surface area contributed by atoms with Gasteiger partial charge in [0.05, 0.1) is 22.7 Å². The van der Waals surface area contributed by atoms with Gasteiger partial charge in [0.1, 0.15) is 17.2 Å². The van der Waals surface area contributed by atoms with Crippen molar-refractivity contribution in [1.82, 2.24) is 15.1 Å². The maximum absolute atomic E-state index is 15.5. The van der Waals surface area contributed by atoms with Crippen molar-refractivity contribution in [2.24, 2.45) is 5.73 Å². The highest BCUT2D eigenvalue weighted by Gasteiger charge is 2.39. The average Bonchev–Trinajstić information content (AvgIpc) is 3.39. The fraction of sp³-hybridized carbons (Fsp3) is 0.160. The number of aryl methyl sites for hydroxylation is 1. The van der Waals surface area contributed by atoms with Crippen molar-refractivity contribution >= 4 is 34.3 Å². The van der Waals surface area contributed by atoms with Gasteiger partial charge in [-0.15, -0.1) is 0 Å². The maximum Gasteiger partial charge on any atom is 0.416 e. The Morgan fingerprint density at radius 3 is 2.54 bits per heavy atom. The Morgan fingerprint density at radius 2 is 1.89 bits per heavy atom. The van der Waals surface area contributed by atoms with Crippen LogP contribution in [0.4, 0.5) is 22.0 Å². The molecule has 2 amide bonds. The lowest BCUT2D eigenvalue weighted by atomic mass is 9.86. The number of rotatable bonds is 4. The number of carbonyl (C=O) groups excluding carboxylic acids is 2. The number of primary amides is 1. The Kier molecular flexibility index (Phi) is 5.70. The van der Waals surface area contributed by atoms with Crippen LogP contribution in [0, 0.1) is 11.6 Å². The summed E-state index contributed by atoms with van der Waals surface area (Å²) >= 11 is 6.31. The van der Waals surface area contributed by atoms with Gasteiger partial charge in [0, 0.05) is 39.8 Å². The first kappa shape index (κ1) is 24.7. The predicted octanol–water partition coefficient (Wildman–Crippen LogP) is 5.61. The molecular weight excluding hydrogens is 519 g/mol. The molecule has 0 fully saturated rings. The van der Waals surface area contributed by atoms with Crippen molar-refractivity contribution in [3.8, 4) is 11.1 Å². The Morgan fingerprint density at radius 1 is 1.16 bits per heavy atom. The van der Waals surface area contributed by atoms with Gasteiger partial charge in [-0.2, -0.15) is 18.3 Å². The SMILES string of the molecule is CCn1cc2cc(-c3c(F)cc(C(F)(F)F)cc3C(N)=O)c3c(c2n1)C(=O)NC3c1cc(F)ccc1Cl. The van der Waals surface area contributed by atoms with Crippen molar-refractivity contribution in [1.29, 1.82) is 0 Å². The molecule has 1 aromatic heterocycles. The monoisotopic (exact) mass is 534 g/mol. The van der Waals surface area contributed by atoms with Gasteiger partial charge < -0.3 is 11.1 Å². The number of nitrogens with zero attached hydrogens (tertiary/aromatic N) is 2. The molecule has 190 valence electrons. The number of halogens is 6. The van der Waals surface area contributed by atoms with Crippen LogP contribution in [0.25, 0.3) is 22.0 Å². The lowest BCUT2D eigenvalue weighted by Crippen LogP contribution is -2.21. The molecule has 1 aliphatic heterocycles. The van der Waals surface area contributed by atoms with Crippen LogP contribution < -0.4 is 11.1 Å². The van der Waals surface area contributed by atoms with Gasteiger partial charge in [-0.05, 0) is 48.9 Å². The average molecular weight is 535 g/mol. The zero-order valence-corrected chi connectivity index (χ0v) is 19.6. The summed E-state index contributed by atoms with van der Waals surface area (Å²) in [6, 6.07) is 4.46. The molecule has 3 N–H and O–H groups in total. The molecule has 12 heteroatoms. The minimum Gasteiger partial charge on any atom is -0.366 e. The standard InChI is InChI=1S/C25H16ClF5N4O2/c1-2-35-9-10-5-14(18-15(23(32)36)6-11(7-17(18)28)25(29,30)31)19-20(21(10)34-35)24(37)33-22(19)13-8-12(27)3-4-16(13)26/h3-9,22H,2H2,1H3,(H2,32,36)(H,33,37). The van der Waals surface area contributed by atoms with Crippen molar-refractivity contribution in [2.45, 2.75) is 25.7 Å². The Hall–Kier alpha value is -3.99. The molecule has 0 radical (unpaired) electrons. The summed E-state index contributed by atoms with van der Waals surface area (Å²) < 4.78 is 71.4. The van der Waals surface area contributed by atoms with E-state index in [4.69, 9.17) is 17.3 Å². The van der Waals surface area contributed by atoms with E-state index in [1.807, 2.05) is 0 Å². The van der Waals surface area contributed by atoms with E-state index in [0.29, 0.717) is 18.0 Å². The molecular formula is C25H16ClF5N4O2. The number of carbonyl (C=O) groups is 2. The van der Waals surface area contributed by atoms with Crippen LogP contribution in [0.15, 0.2) is 42.6 Å². The summed E-state index contributed by atoms with van der Waals surface area (Å²) in [6.45, 7) is 2.21. The molecule has 3 aromatic carbocycles. The van der Waals surface area contributed by atoms with Crippen LogP contribution in [-0.4, -0.2) is 21.6 Å². The molecule has 0 aliphatic carbocycles. The van der Waals surface area contributed by atoms with Gasteiger partial charge in [-0.25, -0.2) is 8.78 Å². The summed E-state index contributed by atoms with van der Waals surface area (Å²) in [5.41, 5.74) is 3.07. The van der Waals surface area contributed by atoms with Crippen LogP contribution in [0.3, 0.4) is 0 Å². The molecule has 0 spiro atoms. The summed E-state index contributed by atoms with van der Waals surface area (Å²) in [4.78, 5) is 25.5. The summed E-state index contributed by atoms with van der Waals surface area (Å²) in [6.07, 6.45) is -3.38. The van der Waals surface area contributed by atoms with E-state index in [1.165, 1.54) is 16.8 Å². The van der Waals surface area contributed by atoms with Crippen molar-refractivity contribution < 1.29 is 31.5 Å². The molecule has 5 rings (SSSR count). The zero-order chi connectivity index (χ0) is 26.8. The molecule has 0 saturated heterocycles. The number of amides is 2. The number of alkyl halides is 3. The van der Waals surface area contributed by atoms with E-state index < -0.39 is 52.4 Å². The first-order valence-corrected chi connectivity index (χ1v) is 11.3. The molecule has 1 unspecified atom stereocenters. The van der Waals surface area contributed by atoms with E-state index in [2.05, 4.69) is 10.4 Å². The third-order valence-corrected chi connectivity index (χ3v) is 6.57. The number of nitrogens with one attached hydrogen (secondary N) is 1. The predicted molar refractivity (Wildman–Crippen MR) is 125 cm³/mol. The molecule has 4 aromatic rings. The van der Waals surface area contributed by atoms with Crippen LogP contribution in [-0.2, 0) is 12.7 Å². The third kappa shape index (κ3) is 3.99. The van der Waals surface area contributed by atoms with Crippen LogP contribution in [0.5, 0.6) is 0 Å². The number of aromatic nitrogens is 2. The second-order valence-corrected chi connectivity index (χ2v) is 8.86.